The number of ketones is 1. The maximum atomic E-state index is 13.8. The van der Waals surface area contributed by atoms with Crippen LogP contribution in [0.4, 0.5) is 8.78 Å². The van der Waals surface area contributed by atoms with Crippen LogP contribution in [0.3, 0.4) is 0 Å². The zero-order chi connectivity index (χ0) is 22.5. The standard InChI is InChI=1S/C23H22F2N2O4/c1-4-9-27-14(2)10-18(15(27)3)20(28)13-30-23(29)8-7-22-26-12-21(31-22)17-6-5-16(24)11-19(17)25/h4-6,10-12H,1,7-9,13H2,2-3H3. The van der Waals surface area contributed by atoms with Crippen molar-refractivity contribution in [2.75, 3.05) is 6.61 Å². The number of halogens is 2. The molecule has 0 fully saturated rings. The van der Waals surface area contributed by atoms with Gasteiger partial charge in [0, 0.05) is 36.0 Å². The fourth-order valence-electron chi connectivity index (χ4n) is 3.24. The highest BCUT2D eigenvalue weighted by atomic mass is 19.1. The molecule has 0 aliphatic carbocycles. The molecule has 0 aliphatic rings. The number of hydrogen-bond donors (Lipinski definition) is 0. The van der Waals surface area contributed by atoms with Crippen molar-refractivity contribution >= 4 is 11.8 Å². The minimum Gasteiger partial charge on any atom is -0.457 e. The molecule has 1 aromatic carbocycles. The van der Waals surface area contributed by atoms with Crippen molar-refractivity contribution in [2.45, 2.75) is 33.2 Å². The van der Waals surface area contributed by atoms with E-state index < -0.39 is 17.6 Å². The lowest BCUT2D eigenvalue weighted by Crippen LogP contribution is -2.15. The Bertz CT molecular complexity index is 1130. The van der Waals surface area contributed by atoms with Crippen LogP contribution in [0.25, 0.3) is 11.3 Å². The second-order valence-corrected chi connectivity index (χ2v) is 7.01. The summed E-state index contributed by atoms with van der Waals surface area (Å²) < 4.78 is 39.3. The molecule has 0 spiro atoms. The topological polar surface area (TPSA) is 74.3 Å². The Labute approximate surface area is 178 Å². The molecule has 2 heterocycles. The number of benzene rings is 1. The number of aryl methyl sites for hydroxylation is 2. The number of ether oxygens (including phenoxy) is 1. The van der Waals surface area contributed by atoms with Crippen LogP contribution in [0.15, 0.2) is 47.5 Å². The Hall–Kier alpha value is -3.55. The van der Waals surface area contributed by atoms with E-state index in [0.29, 0.717) is 12.1 Å². The van der Waals surface area contributed by atoms with Gasteiger partial charge < -0.3 is 13.7 Å². The molecule has 0 unspecified atom stereocenters. The largest absolute Gasteiger partial charge is 0.457 e. The van der Waals surface area contributed by atoms with Crippen molar-refractivity contribution in [3.8, 4) is 11.3 Å². The first-order valence-corrected chi connectivity index (χ1v) is 9.66. The summed E-state index contributed by atoms with van der Waals surface area (Å²) in [7, 11) is 0. The summed E-state index contributed by atoms with van der Waals surface area (Å²) in [6.07, 6.45) is 3.10. The van der Waals surface area contributed by atoms with Crippen LogP contribution >= 0.6 is 0 Å². The molecule has 3 rings (SSSR count). The average molecular weight is 428 g/mol. The second kappa shape index (κ2) is 9.51. The van der Waals surface area contributed by atoms with E-state index in [9.17, 15) is 18.4 Å². The van der Waals surface area contributed by atoms with Crippen molar-refractivity contribution in [1.29, 1.82) is 0 Å². The number of rotatable bonds is 9. The van der Waals surface area contributed by atoms with E-state index in [4.69, 9.17) is 9.15 Å². The number of allylic oxidation sites excluding steroid dienone is 1. The normalized spacial score (nSPS) is 10.8. The highest BCUT2D eigenvalue weighted by Gasteiger charge is 2.18. The third kappa shape index (κ3) is 5.14. The highest BCUT2D eigenvalue weighted by molar-refractivity contribution is 5.99. The molecule has 31 heavy (non-hydrogen) atoms. The predicted molar refractivity (Wildman–Crippen MR) is 110 cm³/mol. The van der Waals surface area contributed by atoms with Gasteiger partial charge in [0.1, 0.15) is 11.6 Å². The Morgan fingerprint density at radius 3 is 2.74 bits per heavy atom. The Morgan fingerprint density at radius 2 is 2.03 bits per heavy atom. The van der Waals surface area contributed by atoms with Gasteiger partial charge in [0.2, 0.25) is 5.78 Å². The van der Waals surface area contributed by atoms with E-state index in [1.165, 1.54) is 12.3 Å². The zero-order valence-electron chi connectivity index (χ0n) is 17.3. The molecule has 6 nitrogen and oxygen atoms in total. The molecule has 0 atom stereocenters. The Morgan fingerprint density at radius 1 is 1.26 bits per heavy atom. The monoisotopic (exact) mass is 428 g/mol. The van der Waals surface area contributed by atoms with Crippen LogP contribution < -0.4 is 0 Å². The van der Waals surface area contributed by atoms with Gasteiger partial charge in [-0.2, -0.15) is 0 Å². The molecule has 0 saturated heterocycles. The van der Waals surface area contributed by atoms with E-state index in [0.717, 1.165) is 23.5 Å². The van der Waals surface area contributed by atoms with Gasteiger partial charge in [0.15, 0.2) is 18.3 Å². The summed E-state index contributed by atoms with van der Waals surface area (Å²) in [6, 6.07) is 4.88. The molecule has 0 N–H and O–H groups in total. The van der Waals surface area contributed by atoms with Crippen LogP contribution in [-0.4, -0.2) is 27.9 Å². The van der Waals surface area contributed by atoms with Gasteiger partial charge in [0.05, 0.1) is 18.2 Å². The average Bonchev–Trinajstić information content (AvgIpc) is 3.30. The summed E-state index contributed by atoms with van der Waals surface area (Å²) in [5.41, 5.74) is 2.29. The molecule has 0 aliphatic heterocycles. The van der Waals surface area contributed by atoms with E-state index >= 15 is 0 Å². The molecular formula is C23H22F2N2O4. The maximum absolute atomic E-state index is 13.8. The molecule has 0 saturated carbocycles. The number of Topliss-reactive ketones (excluding diaryl/α,β-unsaturated/α-hetero) is 1. The lowest BCUT2D eigenvalue weighted by Gasteiger charge is -2.06. The smallest absolute Gasteiger partial charge is 0.306 e. The molecule has 0 amide bonds. The third-order valence-electron chi connectivity index (χ3n) is 4.84. The van der Waals surface area contributed by atoms with Gasteiger partial charge in [-0.3, -0.25) is 9.59 Å². The quantitative estimate of drug-likeness (QED) is 0.283. The number of hydrogen-bond acceptors (Lipinski definition) is 5. The van der Waals surface area contributed by atoms with Gasteiger partial charge in [-0.25, -0.2) is 13.8 Å². The van der Waals surface area contributed by atoms with Crippen molar-refractivity contribution in [3.05, 3.63) is 77.6 Å². The predicted octanol–water partition coefficient (Wildman–Crippen LogP) is 4.58. The molecule has 0 radical (unpaired) electrons. The minimum atomic E-state index is -0.770. The Balaban J connectivity index is 1.53. The van der Waals surface area contributed by atoms with Crippen LogP contribution in [-0.2, 0) is 22.5 Å². The number of nitrogens with zero attached hydrogens (tertiary/aromatic N) is 2. The molecule has 3 aromatic rings. The summed E-state index contributed by atoms with van der Waals surface area (Å²) in [5, 5.41) is 0. The first kappa shape index (κ1) is 22.1. The van der Waals surface area contributed by atoms with E-state index in [2.05, 4.69) is 11.6 Å². The van der Waals surface area contributed by atoms with Crippen LogP contribution in [0.5, 0.6) is 0 Å². The van der Waals surface area contributed by atoms with Crippen molar-refractivity contribution in [3.63, 3.8) is 0 Å². The third-order valence-corrected chi connectivity index (χ3v) is 4.84. The number of carbonyl (C=O) groups is 2. The van der Waals surface area contributed by atoms with E-state index in [1.54, 1.807) is 12.1 Å². The van der Waals surface area contributed by atoms with Gasteiger partial charge in [-0.05, 0) is 32.0 Å². The lowest BCUT2D eigenvalue weighted by atomic mass is 10.1. The molecule has 162 valence electrons. The van der Waals surface area contributed by atoms with E-state index in [1.807, 2.05) is 18.4 Å². The van der Waals surface area contributed by atoms with Gasteiger partial charge >= 0.3 is 5.97 Å². The molecule has 0 bridgehead atoms. The van der Waals surface area contributed by atoms with Gasteiger partial charge in [-0.1, -0.05) is 6.08 Å². The fraction of sp³-hybridized carbons (Fsp3) is 0.261. The van der Waals surface area contributed by atoms with Gasteiger partial charge in [0.25, 0.3) is 0 Å². The molecule has 8 heteroatoms. The second-order valence-electron chi connectivity index (χ2n) is 7.01. The lowest BCUT2D eigenvalue weighted by molar-refractivity contribution is -0.142. The first-order chi connectivity index (χ1) is 14.8. The SMILES string of the molecule is C=CCn1c(C)cc(C(=O)COC(=O)CCc2ncc(-c3ccc(F)cc3F)o2)c1C. The summed E-state index contributed by atoms with van der Waals surface area (Å²) in [6.45, 7) is 7.64. The summed E-state index contributed by atoms with van der Waals surface area (Å²) in [5.74, 6) is -2.00. The zero-order valence-corrected chi connectivity index (χ0v) is 17.3. The number of oxazole rings is 1. The Kier molecular flexibility index (Phi) is 6.79. The number of aromatic nitrogens is 2. The minimum absolute atomic E-state index is 0.0609. The van der Waals surface area contributed by atoms with Crippen molar-refractivity contribution in [2.24, 2.45) is 0 Å². The molecule has 2 aromatic heterocycles. The summed E-state index contributed by atoms with van der Waals surface area (Å²) >= 11 is 0. The molecular weight excluding hydrogens is 406 g/mol. The first-order valence-electron chi connectivity index (χ1n) is 9.66. The van der Waals surface area contributed by atoms with Crippen molar-refractivity contribution in [1.82, 2.24) is 9.55 Å². The van der Waals surface area contributed by atoms with Gasteiger partial charge in [-0.15, -0.1) is 6.58 Å². The maximum Gasteiger partial charge on any atom is 0.306 e. The van der Waals surface area contributed by atoms with Crippen LogP contribution in [0.2, 0.25) is 0 Å². The number of esters is 1. The van der Waals surface area contributed by atoms with Crippen LogP contribution in [0.1, 0.15) is 34.1 Å². The van der Waals surface area contributed by atoms with Crippen LogP contribution in [0, 0.1) is 25.5 Å². The van der Waals surface area contributed by atoms with E-state index in [-0.39, 0.29) is 42.4 Å². The fourth-order valence-corrected chi connectivity index (χ4v) is 3.24. The highest BCUT2D eigenvalue weighted by Crippen LogP contribution is 2.24. The van der Waals surface area contributed by atoms with Crippen molar-refractivity contribution < 1.29 is 27.5 Å². The summed E-state index contributed by atoms with van der Waals surface area (Å²) in [4.78, 5) is 28.4. The number of carbonyl (C=O) groups excluding carboxylic acids is 2.